The summed E-state index contributed by atoms with van der Waals surface area (Å²) < 4.78 is 5.10. The molecule has 0 heterocycles. The molecule has 0 N–H and O–H groups in total. The summed E-state index contributed by atoms with van der Waals surface area (Å²) in [7, 11) is 0. The normalized spacial score (nSPS) is 19.7. The average molecular weight is 238 g/mol. The van der Waals surface area contributed by atoms with E-state index in [0.717, 1.165) is 24.8 Å². The minimum atomic E-state index is -0.0930. The van der Waals surface area contributed by atoms with Crippen LogP contribution in [-0.2, 0) is 9.53 Å². The van der Waals surface area contributed by atoms with E-state index in [1.165, 1.54) is 44.9 Å². The maximum atomic E-state index is 11.7. The Morgan fingerprint density at radius 3 is 2.29 bits per heavy atom. The van der Waals surface area contributed by atoms with E-state index in [2.05, 4.69) is 6.08 Å². The van der Waals surface area contributed by atoms with Crippen molar-refractivity contribution in [3.8, 4) is 0 Å². The highest BCUT2D eigenvalue weighted by Crippen LogP contribution is 2.17. The molecule has 2 nitrogen and oxygen atoms in total. The zero-order valence-electron chi connectivity index (χ0n) is 11.2. The van der Waals surface area contributed by atoms with Gasteiger partial charge in [-0.3, -0.25) is 0 Å². The van der Waals surface area contributed by atoms with E-state index in [1.54, 1.807) is 0 Å². The summed E-state index contributed by atoms with van der Waals surface area (Å²) in [5, 5.41) is 0. The van der Waals surface area contributed by atoms with Gasteiger partial charge in [0.25, 0.3) is 0 Å². The standard InChI is InChI=1S/C15H26O2/c1-2-17-15(16)14-12-10-8-6-4-3-5-7-9-11-13-14/h12H,2-11,13H2,1H3. The van der Waals surface area contributed by atoms with E-state index < -0.39 is 0 Å². The molecular weight excluding hydrogens is 212 g/mol. The lowest BCUT2D eigenvalue weighted by atomic mass is 10.0. The SMILES string of the molecule is CCOC(=O)C1=CCCCCCCCCCC1. The van der Waals surface area contributed by atoms with Crippen molar-refractivity contribution in [2.45, 2.75) is 71.1 Å². The number of carbonyl (C=O) groups excluding carboxylic acids is 1. The number of hydrogen-bond donors (Lipinski definition) is 0. The van der Waals surface area contributed by atoms with Crippen molar-refractivity contribution >= 4 is 5.97 Å². The van der Waals surface area contributed by atoms with Crippen LogP contribution in [0.25, 0.3) is 0 Å². The first-order valence-electron chi connectivity index (χ1n) is 7.20. The van der Waals surface area contributed by atoms with E-state index in [1.807, 2.05) is 6.92 Å². The molecule has 0 bridgehead atoms. The number of allylic oxidation sites excluding steroid dienone is 1. The fraction of sp³-hybridized carbons (Fsp3) is 0.800. The summed E-state index contributed by atoms with van der Waals surface area (Å²) in [5.74, 6) is -0.0930. The molecule has 98 valence electrons. The van der Waals surface area contributed by atoms with E-state index >= 15 is 0 Å². The number of carbonyl (C=O) groups is 1. The second-order valence-corrected chi connectivity index (χ2v) is 4.82. The smallest absolute Gasteiger partial charge is 0.333 e. The van der Waals surface area contributed by atoms with Crippen LogP contribution >= 0.6 is 0 Å². The van der Waals surface area contributed by atoms with E-state index in [4.69, 9.17) is 4.74 Å². The maximum absolute atomic E-state index is 11.7. The molecule has 0 aromatic carbocycles. The van der Waals surface area contributed by atoms with Gasteiger partial charge in [0.2, 0.25) is 0 Å². The summed E-state index contributed by atoms with van der Waals surface area (Å²) in [6, 6.07) is 0. The van der Waals surface area contributed by atoms with E-state index in [-0.39, 0.29) is 5.97 Å². The molecule has 0 saturated heterocycles. The van der Waals surface area contributed by atoms with Gasteiger partial charge in [0, 0.05) is 5.57 Å². The summed E-state index contributed by atoms with van der Waals surface area (Å²) in [4.78, 5) is 11.7. The second kappa shape index (κ2) is 9.26. The number of ether oxygens (including phenoxy) is 1. The minimum absolute atomic E-state index is 0.0930. The highest BCUT2D eigenvalue weighted by Gasteiger charge is 2.10. The van der Waals surface area contributed by atoms with Gasteiger partial charge in [0.15, 0.2) is 0 Å². The van der Waals surface area contributed by atoms with Crippen LogP contribution in [0, 0.1) is 0 Å². The quantitative estimate of drug-likeness (QED) is 0.667. The first-order chi connectivity index (χ1) is 8.34. The van der Waals surface area contributed by atoms with Crippen LogP contribution in [0.1, 0.15) is 71.1 Å². The van der Waals surface area contributed by atoms with Gasteiger partial charge in [-0.15, -0.1) is 0 Å². The topological polar surface area (TPSA) is 26.3 Å². The van der Waals surface area contributed by atoms with Crippen molar-refractivity contribution in [3.05, 3.63) is 11.6 Å². The Bertz CT molecular complexity index is 243. The molecule has 1 aliphatic rings. The molecule has 0 atom stereocenters. The average Bonchev–Trinajstić information content (AvgIpc) is 2.30. The second-order valence-electron chi connectivity index (χ2n) is 4.82. The maximum Gasteiger partial charge on any atom is 0.333 e. The van der Waals surface area contributed by atoms with Crippen LogP contribution in [0.15, 0.2) is 11.6 Å². The fourth-order valence-corrected chi connectivity index (χ4v) is 2.31. The highest BCUT2D eigenvalue weighted by molar-refractivity contribution is 5.88. The predicted molar refractivity (Wildman–Crippen MR) is 70.9 cm³/mol. The van der Waals surface area contributed by atoms with Gasteiger partial charge >= 0.3 is 5.97 Å². The third kappa shape index (κ3) is 6.50. The van der Waals surface area contributed by atoms with Crippen LogP contribution in [0.4, 0.5) is 0 Å². The van der Waals surface area contributed by atoms with Gasteiger partial charge in [-0.1, -0.05) is 44.6 Å². The first-order valence-corrected chi connectivity index (χ1v) is 7.20. The Labute approximate surface area is 105 Å². The molecule has 0 fully saturated rings. The molecule has 0 spiro atoms. The molecule has 0 aromatic rings. The number of hydrogen-bond acceptors (Lipinski definition) is 2. The summed E-state index contributed by atoms with van der Waals surface area (Å²) >= 11 is 0. The zero-order chi connectivity index (χ0) is 12.3. The van der Waals surface area contributed by atoms with E-state index in [0.29, 0.717) is 6.61 Å². The molecule has 0 aromatic heterocycles. The van der Waals surface area contributed by atoms with Crippen molar-refractivity contribution in [1.82, 2.24) is 0 Å². The Hall–Kier alpha value is -0.790. The molecular formula is C15H26O2. The lowest BCUT2D eigenvalue weighted by Crippen LogP contribution is -2.08. The Balaban J connectivity index is 2.47. The van der Waals surface area contributed by atoms with E-state index in [9.17, 15) is 4.79 Å². The largest absolute Gasteiger partial charge is 0.463 e. The Kier molecular flexibility index (Phi) is 7.78. The summed E-state index contributed by atoms with van der Waals surface area (Å²) in [6.07, 6.45) is 14.3. The van der Waals surface area contributed by atoms with Gasteiger partial charge in [-0.2, -0.15) is 0 Å². The molecule has 0 unspecified atom stereocenters. The van der Waals surface area contributed by atoms with Crippen molar-refractivity contribution in [3.63, 3.8) is 0 Å². The summed E-state index contributed by atoms with van der Waals surface area (Å²) in [5.41, 5.74) is 0.910. The molecule has 0 radical (unpaired) electrons. The molecule has 1 rings (SSSR count). The van der Waals surface area contributed by atoms with Gasteiger partial charge < -0.3 is 4.74 Å². The van der Waals surface area contributed by atoms with Crippen molar-refractivity contribution < 1.29 is 9.53 Å². The molecule has 0 amide bonds. The first kappa shape index (κ1) is 14.3. The third-order valence-corrected chi connectivity index (χ3v) is 3.33. The Morgan fingerprint density at radius 1 is 1.06 bits per heavy atom. The van der Waals surface area contributed by atoms with Crippen LogP contribution in [0.5, 0.6) is 0 Å². The molecule has 1 aliphatic carbocycles. The number of esters is 1. The summed E-state index contributed by atoms with van der Waals surface area (Å²) in [6.45, 7) is 2.35. The van der Waals surface area contributed by atoms with Crippen molar-refractivity contribution in [2.24, 2.45) is 0 Å². The molecule has 17 heavy (non-hydrogen) atoms. The Morgan fingerprint density at radius 2 is 1.65 bits per heavy atom. The zero-order valence-corrected chi connectivity index (χ0v) is 11.2. The number of rotatable bonds is 2. The molecule has 0 saturated carbocycles. The van der Waals surface area contributed by atoms with Crippen LogP contribution in [-0.4, -0.2) is 12.6 Å². The van der Waals surface area contributed by atoms with Crippen molar-refractivity contribution in [1.29, 1.82) is 0 Å². The van der Waals surface area contributed by atoms with Gasteiger partial charge in [-0.05, 0) is 32.6 Å². The monoisotopic (exact) mass is 238 g/mol. The predicted octanol–water partition coefficient (Wildman–Crippen LogP) is 4.39. The molecule has 0 aliphatic heterocycles. The van der Waals surface area contributed by atoms with Gasteiger partial charge in [0.05, 0.1) is 6.61 Å². The highest BCUT2D eigenvalue weighted by atomic mass is 16.5. The van der Waals surface area contributed by atoms with Crippen LogP contribution < -0.4 is 0 Å². The third-order valence-electron chi connectivity index (χ3n) is 3.33. The van der Waals surface area contributed by atoms with Crippen LogP contribution in [0.2, 0.25) is 0 Å². The minimum Gasteiger partial charge on any atom is -0.463 e. The molecule has 2 heteroatoms. The van der Waals surface area contributed by atoms with Gasteiger partial charge in [-0.25, -0.2) is 4.79 Å². The lowest BCUT2D eigenvalue weighted by molar-refractivity contribution is -0.138. The fourth-order valence-electron chi connectivity index (χ4n) is 2.31. The van der Waals surface area contributed by atoms with Crippen LogP contribution in [0.3, 0.4) is 0 Å². The van der Waals surface area contributed by atoms with Crippen molar-refractivity contribution in [2.75, 3.05) is 6.61 Å². The lowest BCUT2D eigenvalue weighted by Gasteiger charge is -2.09. The van der Waals surface area contributed by atoms with Gasteiger partial charge in [0.1, 0.15) is 0 Å².